The minimum atomic E-state index is -0.387. The second-order valence-electron chi connectivity index (χ2n) is 4.02. The first kappa shape index (κ1) is 13.1. The number of hydrogen-bond donors (Lipinski definition) is 1. The van der Waals surface area contributed by atoms with Gasteiger partial charge in [0.15, 0.2) is 0 Å². The van der Waals surface area contributed by atoms with Crippen molar-refractivity contribution in [3.05, 3.63) is 65.5 Å². The molecular formula is C15H14FNO2. The summed E-state index contributed by atoms with van der Waals surface area (Å²) in [6.45, 7) is 0.508. The Labute approximate surface area is 111 Å². The zero-order valence-corrected chi connectivity index (χ0v) is 10.5. The lowest BCUT2D eigenvalue weighted by Crippen LogP contribution is -2.08. The Morgan fingerprint density at radius 3 is 2.53 bits per heavy atom. The summed E-state index contributed by atoms with van der Waals surface area (Å²) >= 11 is 0. The summed E-state index contributed by atoms with van der Waals surface area (Å²) < 4.78 is 17.5. The number of benzene rings is 2. The molecule has 0 aliphatic rings. The molecule has 0 heterocycles. The van der Waals surface area contributed by atoms with E-state index >= 15 is 0 Å². The van der Waals surface area contributed by atoms with E-state index in [9.17, 15) is 9.18 Å². The lowest BCUT2D eigenvalue weighted by atomic mass is 10.1. The van der Waals surface area contributed by atoms with Gasteiger partial charge in [0, 0.05) is 12.2 Å². The molecule has 0 aliphatic heterocycles. The van der Waals surface area contributed by atoms with Crippen molar-refractivity contribution < 1.29 is 13.9 Å². The molecule has 2 aromatic carbocycles. The number of rotatable bonds is 4. The lowest BCUT2D eigenvalue weighted by Gasteiger charge is -2.10. The van der Waals surface area contributed by atoms with Gasteiger partial charge in [-0.05, 0) is 29.8 Å². The molecule has 0 spiro atoms. The molecule has 0 unspecified atom stereocenters. The van der Waals surface area contributed by atoms with Gasteiger partial charge in [-0.1, -0.05) is 24.3 Å². The molecular weight excluding hydrogens is 245 g/mol. The summed E-state index contributed by atoms with van der Waals surface area (Å²) in [7, 11) is 1.35. The molecule has 0 fully saturated rings. The quantitative estimate of drug-likeness (QED) is 0.857. The van der Waals surface area contributed by atoms with Crippen molar-refractivity contribution in [2.24, 2.45) is 0 Å². The number of carbonyl (C=O) groups is 1. The van der Waals surface area contributed by atoms with E-state index in [0.717, 1.165) is 5.56 Å². The van der Waals surface area contributed by atoms with E-state index in [2.05, 4.69) is 5.32 Å². The molecule has 1 N–H and O–H groups in total. The van der Waals surface area contributed by atoms with Crippen LogP contribution in [-0.2, 0) is 11.3 Å². The maximum atomic E-state index is 12.8. The molecule has 98 valence electrons. The summed E-state index contributed by atoms with van der Waals surface area (Å²) in [5, 5.41) is 3.14. The van der Waals surface area contributed by atoms with Gasteiger partial charge in [0.1, 0.15) is 5.82 Å². The van der Waals surface area contributed by atoms with Crippen LogP contribution in [0.15, 0.2) is 48.5 Å². The first-order valence-electron chi connectivity index (χ1n) is 5.86. The van der Waals surface area contributed by atoms with Crippen LogP contribution in [0, 0.1) is 5.82 Å². The Morgan fingerprint density at radius 1 is 1.16 bits per heavy atom. The number of nitrogens with one attached hydrogen (secondary N) is 1. The molecule has 0 atom stereocenters. The van der Waals surface area contributed by atoms with Gasteiger partial charge in [-0.15, -0.1) is 0 Å². The van der Waals surface area contributed by atoms with Crippen LogP contribution in [0.2, 0.25) is 0 Å². The molecule has 4 heteroatoms. The average molecular weight is 259 g/mol. The van der Waals surface area contributed by atoms with Gasteiger partial charge in [-0.25, -0.2) is 9.18 Å². The Morgan fingerprint density at radius 2 is 1.84 bits per heavy atom. The van der Waals surface area contributed by atoms with Gasteiger partial charge in [-0.3, -0.25) is 0 Å². The van der Waals surface area contributed by atoms with Crippen molar-refractivity contribution >= 4 is 11.7 Å². The van der Waals surface area contributed by atoms with Crippen LogP contribution in [0.25, 0.3) is 0 Å². The van der Waals surface area contributed by atoms with Crippen molar-refractivity contribution in [1.82, 2.24) is 0 Å². The average Bonchev–Trinajstić information content (AvgIpc) is 2.46. The minimum Gasteiger partial charge on any atom is -0.465 e. The van der Waals surface area contributed by atoms with Crippen LogP contribution >= 0.6 is 0 Å². The Bertz CT molecular complexity index is 567. The fourth-order valence-electron chi connectivity index (χ4n) is 1.72. The van der Waals surface area contributed by atoms with Gasteiger partial charge in [0.2, 0.25) is 0 Å². The van der Waals surface area contributed by atoms with E-state index in [1.807, 2.05) is 6.07 Å². The third-order valence-electron chi connectivity index (χ3n) is 2.73. The highest BCUT2D eigenvalue weighted by molar-refractivity contribution is 5.95. The van der Waals surface area contributed by atoms with E-state index in [1.54, 1.807) is 30.3 Å². The standard InChI is InChI=1S/C15H14FNO2/c1-19-15(18)13-4-2-3-5-14(13)17-10-11-6-8-12(16)9-7-11/h2-9,17H,10H2,1H3. The maximum absolute atomic E-state index is 12.8. The second kappa shape index (κ2) is 6.00. The number of ether oxygens (including phenoxy) is 1. The van der Waals surface area contributed by atoms with Gasteiger partial charge in [-0.2, -0.15) is 0 Å². The molecule has 0 bridgehead atoms. The molecule has 3 nitrogen and oxygen atoms in total. The zero-order valence-electron chi connectivity index (χ0n) is 10.5. The van der Waals surface area contributed by atoms with Crippen molar-refractivity contribution in [2.45, 2.75) is 6.54 Å². The number of halogens is 1. The Balaban J connectivity index is 2.11. The van der Waals surface area contributed by atoms with E-state index in [4.69, 9.17) is 4.74 Å². The highest BCUT2D eigenvalue weighted by Crippen LogP contribution is 2.17. The molecule has 0 aliphatic carbocycles. The third kappa shape index (κ3) is 3.31. The van der Waals surface area contributed by atoms with Gasteiger partial charge in [0.05, 0.1) is 12.7 Å². The van der Waals surface area contributed by atoms with Crippen molar-refractivity contribution in [3.63, 3.8) is 0 Å². The Hall–Kier alpha value is -2.36. The topological polar surface area (TPSA) is 38.3 Å². The molecule has 0 saturated carbocycles. The summed E-state index contributed by atoms with van der Waals surface area (Å²) in [5.41, 5.74) is 2.10. The number of carbonyl (C=O) groups excluding carboxylic acids is 1. The predicted molar refractivity (Wildman–Crippen MR) is 71.5 cm³/mol. The Kier molecular flexibility index (Phi) is 4.13. The smallest absolute Gasteiger partial charge is 0.339 e. The van der Waals surface area contributed by atoms with Crippen LogP contribution in [0.5, 0.6) is 0 Å². The normalized spacial score (nSPS) is 10.0. The molecule has 0 radical (unpaired) electrons. The van der Waals surface area contributed by atoms with Crippen LogP contribution in [-0.4, -0.2) is 13.1 Å². The molecule has 0 amide bonds. The summed E-state index contributed by atoms with van der Waals surface area (Å²) in [5.74, 6) is -0.652. The zero-order chi connectivity index (χ0) is 13.7. The highest BCUT2D eigenvalue weighted by atomic mass is 19.1. The van der Waals surface area contributed by atoms with E-state index in [1.165, 1.54) is 19.2 Å². The van der Waals surface area contributed by atoms with Gasteiger partial charge >= 0.3 is 5.97 Å². The monoisotopic (exact) mass is 259 g/mol. The SMILES string of the molecule is COC(=O)c1ccccc1NCc1ccc(F)cc1. The van der Waals surface area contributed by atoms with Crippen LogP contribution < -0.4 is 5.32 Å². The van der Waals surface area contributed by atoms with E-state index in [0.29, 0.717) is 17.8 Å². The first-order chi connectivity index (χ1) is 9.20. The minimum absolute atomic E-state index is 0.265. The molecule has 19 heavy (non-hydrogen) atoms. The largest absolute Gasteiger partial charge is 0.465 e. The molecule has 2 rings (SSSR count). The maximum Gasteiger partial charge on any atom is 0.339 e. The highest BCUT2D eigenvalue weighted by Gasteiger charge is 2.10. The lowest BCUT2D eigenvalue weighted by molar-refractivity contribution is 0.0602. The van der Waals surface area contributed by atoms with Crippen LogP contribution in [0.4, 0.5) is 10.1 Å². The van der Waals surface area contributed by atoms with E-state index < -0.39 is 0 Å². The number of anilines is 1. The molecule has 2 aromatic rings. The van der Waals surface area contributed by atoms with Gasteiger partial charge < -0.3 is 10.1 Å². The number of para-hydroxylation sites is 1. The van der Waals surface area contributed by atoms with Crippen LogP contribution in [0.3, 0.4) is 0 Å². The van der Waals surface area contributed by atoms with Gasteiger partial charge in [0.25, 0.3) is 0 Å². The fourth-order valence-corrected chi connectivity index (χ4v) is 1.72. The van der Waals surface area contributed by atoms with Crippen molar-refractivity contribution in [1.29, 1.82) is 0 Å². The second-order valence-corrected chi connectivity index (χ2v) is 4.02. The predicted octanol–water partition coefficient (Wildman–Crippen LogP) is 3.22. The summed E-state index contributed by atoms with van der Waals surface area (Å²) in [4.78, 5) is 11.6. The van der Waals surface area contributed by atoms with Crippen LogP contribution in [0.1, 0.15) is 15.9 Å². The summed E-state index contributed by atoms with van der Waals surface area (Å²) in [6.07, 6.45) is 0. The number of esters is 1. The summed E-state index contributed by atoms with van der Waals surface area (Å²) in [6, 6.07) is 13.3. The van der Waals surface area contributed by atoms with Crippen molar-refractivity contribution in [2.75, 3.05) is 12.4 Å². The number of hydrogen-bond acceptors (Lipinski definition) is 3. The number of methoxy groups -OCH3 is 1. The van der Waals surface area contributed by atoms with E-state index in [-0.39, 0.29) is 11.8 Å². The molecule has 0 aromatic heterocycles. The third-order valence-corrected chi connectivity index (χ3v) is 2.73. The first-order valence-corrected chi connectivity index (χ1v) is 5.86. The molecule has 0 saturated heterocycles. The van der Waals surface area contributed by atoms with Crippen molar-refractivity contribution in [3.8, 4) is 0 Å². The fraction of sp³-hybridized carbons (Fsp3) is 0.133.